The maximum atomic E-state index is 12.6. The number of aryl methyl sites for hydroxylation is 1. The molecule has 1 saturated heterocycles. The van der Waals surface area contributed by atoms with E-state index in [1.54, 1.807) is 0 Å². The van der Waals surface area contributed by atoms with Gasteiger partial charge in [0.1, 0.15) is 12.7 Å². The number of aromatic nitrogens is 2. The smallest absolute Gasteiger partial charge is 0.303 e. The molecule has 0 aliphatic carbocycles. The Balaban J connectivity index is 1.99. The lowest BCUT2D eigenvalue weighted by molar-refractivity contribution is -0.237. The van der Waals surface area contributed by atoms with E-state index in [1.165, 1.54) is 64.9 Å². The Morgan fingerprint density at radius 2 is 1.31 bits per heavy atom. The number of carbonyl (C=O) groups is 4. The van der Waals surface area contributed by atoms with E-state index in [1.807, 2.05) is 0 Å². The van der Waals surface area contributed by atoms with Crippen LogP contribution in [0.4, 0.5) is 0 Å². The van der Waals surface area contributed by atoms with Crippen LogP contribution < -0.4 is 5.56 Å². The quantitative estimate of drug-likeness (QED) is 0.0487. The molecule has 0 radical (unpaired) electrons. The molecule has 1 aromatic rings. The van der Waals surface area contributed by atoms with E-state index in [4.69, 9.17) is 23.7 Å². The third-order valence-corrected chi connectivity index (χ3v) is 8.67. The maximum Gasteiger partial charge on any atom is 0.303 e. The average Bonchev–Trinajstić information content (AvgIpc) is 3.00. The molecule has 12 nitrogen and oxygen atoms in total. The minimum Gasteiger partial charge on any atom is -0.463 e. The number of aromatic amines is 1. The zero-order chi connectivity index (χ0) is 35.3. The van der Waals surface area contributed by atoms with Crippen LogP contribution in [0.2, 0.25) is 0 Å². The van der Waals surface area contributed by atoms with Crippen molar-refractivity contribution in [3.8, 4) is 0 Å². The van der Waals surface area contributed by atoms with Crippen LogP contribution in [0.5, 0.6) is 0 Å². The number of hydrogen-bond acceptors (Lipinski definition) is 12. The molecule has 1 unspecified atom stereocenters. The van der Waals surface area contributed by atoms with Crippen LogP contribution in [0, 0.1) is 0 Å². The van der Waals surface area contributed by atoms with Crippen LogP contribution in [0.15, 0.2) is 28.2 Å². The Hall–Kier alpha value is -3.19. The number of hydrogen-bond donors (Lipinski definition) is 1. The molecule has 1 aliphatic heterocycles. The minimum absolute atomic E-state index is 0.200. The summed E-state index contributed by atoms with van der Waals surface area (Å²) in [6.45, 7) is 6.60. The first-order valence-electron chi connectivity index (χ1n) is 17.2. The molecule has 1 aromatic heterocycles. The highest BCUT2D eigenvalue weighted by Crippen LogP contribution is 2.36. The fourth-order valence-corrected chi connectivity index (χ4v) is 6.53. The standard InChI is InChI=1S/C35H54N2O10S/c1-6-7-8-9-10-11-12-13-14-15-16-17-18-19-20-21-28-22-30(42)37-35(36-28)48-34-33(46-27(5)41)32(45-26(4)40)31(44-25(3)39)29(47-34)23-43-24(2)38/h13-14,22,29,31-34H,6-12,15-21,23H2,1-5H3,(H,36,37,42)/t29-,31-,32+,33-,34?/m1/s1. The number of unbranched alkanes of at least 4 members (excludes halogenated alkanes) is 11. The van der Waals surface area contributed by atoms with Gasteiger partial charge in [0.2, 0.25) is 0 Å². The SMILES string of the molecule is CCCCCCCCC=CCCCCCCCc1cc(=O)[nH]c(SC2O[C@H](COC(C)=O)[C@@H](OC(C)=O)[C@H](OC(C)=O)[C@H]2OC(C)=O)n1. The number of rotatable bonds is 22. The summed E-state index contributed by atoms with van der Waals surface area (Å²) in [5.74, 6) is -2.74. The van der Waals surface area contributed by atoms with Crippen LogP contribution in [-0.4, -0.2) is 70.3 Å². The number of thioether (sulfide) groups is 1. The molecule has 5 atom stereocenters. The van der Waals surface area contributed by atoms with E-state index in [9.17, 15) is 24.0 Å². The first-order valence-corrected chi connectivity index (χ1v) is 18.1. The second kappa shape index (κ2) is 23.2. The van der Waals surface area contributed by atoms with Gasteiger partial charge in [-0.2, -0.15) is 0 Å². The zero-order valence-corrected chi connectivity index (χ0v) is 30.0. The summed E-state index contributed by atoms with van der Waals surface area (Å²) < 4.78 is 27.7. The first-order chi connectivity index (χ1) is 23.0. The number of allylic oxidation sites excluding steroid dienone is 2. The lowest BCUT2D eigenvalue weighted by Gasteiger charge is -2.43. The molecular weight excluding hydrogens is 640 g/mol. The maximum absolute atomic E-state index is 12.6. The molecule has 1 N–H and O–H groups in total. The van der Waals surface area contributed by atoms with Gasteiger partial charge in [0, 0.05) is 39.5 Å². The largest absolute Gasteiger partial charge is 0.463 e. The van der Waals surface area contributed by atoms with Gasteiger partial charge in [-0.15, -0.1) is 0 Å². The summed E-state index contributed by atoms with van der Waals surface area (Å²) >= 11 is 0.952. The minimum atomic E-state index is -1.30. The Kier molecular flexibility index (Phi) is 19.8. The summed E-state index contributed by atoms with van der Waals surface area (Å²) in [5, 5.41) is 0.200. The molecule has 1 aliphatic rings. The zero-order valence-electron chi connectivity index (χ0n) is 29.2. The van der Waals surface area contributed by atoms with Crippen molar-refractivity contribution in [2.45, 2.75) is 160 Å². The van der Waals surface area contributed by atoms with Gasteiger partial charge < -0.3 is 28.7 Å². The first kappa shape index (κ1) is 41.0. The van der Waals surface area contributed by atoms with Gasteiger partial charge in [0.25, 0.3) is 5.56 Å². The van der Waals surface area contributed by atoms with Crippen molar-refractivity contribution in [2.75, 3.05) is 6.61 Å². The number of nitrogens with one attached hydrogen (secondary N) is 1. The molecule has 13 heteroatoms. The van der Waals surface area contributed by atoms with Crippen molar-refractivity contribution in [2.24, 2.45) is 0 Å². The Morgan fingerprint density at radius 3 is 1.90 bits per heavy atom. The van der Waals surface area contributed by atoms with Gasteiger partial charge in [0.05, 0.1) is 0 Å². The number of carbonyl (C=O) groups excluding carboxylic acids is 4. The molecule has 48 heavy (non-hydrogen) atoms. The molecule has 0 spiro atoms. The van der Waals surface area contributed by atoms with Gasteiger partial charge >= 0.3 is 23.9 Å². The van der Waals surface area contributed by atoms with Gasteiger partial charge in [0.15, 0.2) is 28.9 Å². The van der Waals surface area contributed by atoms with E-state index in [-0.39, 0.29) is 17.3 Å². The Bertz CT molecular complexity index is 1240. The van der Waals surface area contributed by atoms with Crippen LogP contribution in [0.25, 0.3) is 0 Å². The highest BCUT2D eigenvalue weighted by atomic mass is 32.2. The number of ether oxygens (including phenoxy) is 5. The van der Waals surface area contributed by atoms with Crippen molar-refractivity contribution in [3.05, 3.63) is 34.3 Å². The summed E-state index contributed by atoms with van der Waals surface area (Å²) in [6.07, 6.45) is 15.8. The lowest BCUT2D eigenvalue weighted by atomic mass is 9.99. The lowest BCUT2D eigenvalue weighted by Crippen LogP contribution is -2.61. The monoisotopic (exact) mass is 694 g/mol. The van der Waals surface area contributed by atoms with Crippen molar-refractivity contribution in [1.82, 2.24) is 9.97 Å². The van der Waals surface area contributed by atoms with E-state index in [0.29, 0.717) is 12.1 Å². The number of H-pyrrole nitrogens is 1. The van der Waals surface area contributed by atoms with E-state index in [2.05, 4.69) is 29.0 Å². The molecule has 0 bridgehead atoms. The molecule has 1 fully saturated rings. The summed E-state index contributed by atoms with van der Waals surface area (Å²) in [7, 11) is 0. The molecule has 0 amide bonds. The summed E-state index contributed by atoms with van der Waals surface area (Å²) in [4.78, 5) is 67.6. The topological polar surface area (TPSA) is 160 Å². The van der Waals surface area contributed by atoms with Gasteiger partial charge in [-0.3, -0.25) is 24.0 Å². The molecule has 270 valence electrons. The van der Waals surface area contributed by atoms with Gasteiger partial charge in [-0.1, -0.05) is 82.2 Å². The second-order valence-electron chi connectivity index (χ2n) is 12.1. The van der Waals surface area contributed by atoms with Crippen LogP contribution in [0.3, 0.4) is 0 Å². The highest BCUT2D eigenvalue weighted by molar-refractivity contribution is 7.99. The van der Waals surface area contributed by atoms with Gasteiger partial charge in [-0.25, -0.2) is 4.98 Å². The Labute approximate surface area is 288 Å². The molecule has 0 saturated carbocycles. The molecule has 2 heterocycles. The fourth-order valence-electron chi connectivity index (χ4n) is 5.44. The van der Waals surface area contributed by atoms with Crippen molar-refractivity contribution in [3.63, 3.8) is 0 Å². The second-order valence-corrected chi connectivity index (χ2v) is 13.1. The average molecular weight is 695 g/mol. The highest BCUT2D eigenvalue weighted by Gasteiger charge is 2.52. The number of esters is 4. The predicted molar refractivity (Wildman–Crippen MR) is 181 cm³/mol. The summed E-state index contributed by atoms with van der Waals surface area (Å²) in [6, 6.07) is 1.45. The normalized spacial score (nSPS) is 20.7. The van der Waals surface area contributed by atoms with Crippen LogP contribution >= 0.6 is 11.8 Å². The molecule has 2 rings (SSSR count). The Morgan fingerprint density at radius 1 is 0.771 bits per heavy atom. The van der Waals surface area contributed by atoms with Crippen LogP contribution in [0.1, 0.15) is 124 Å². The van der Waals surface area contributed by atoms with Crippen molar-refractivity contribution in [1.29, 1.82) is 0 Å². The van der Waals surface area contributed by atoms with Crippen LogP contribution in [-0.2, 0) is 49.3 Å². The predicted octanol–water partition coefficient (Wildman–Crippen LogP) is 6.14. The molecular formula is C35H54N2O10S. The van der Waals surface area contributed by atoms with Gasteiger partial charge in [-0.05, 0) is 38.5 Å². The third kappa shape index (κ3) is 16.8. The molecule has 0 aromatic carbocycles. The third-order valence-electron chi connectivity index (χ3n) is 7.64. The van der Waals surface area contributed by atoms with E-state index in [0.717, 1.165) is 64.1 Å². The number of nitrogens with zero attached hydrogens (tertiary/aromatic N) is 1. The van der Waals surface area contributed by atoms with E-state index < -0.39 is 53.7 Å². The fraction of sp³-hybridized carbons (Fsp3) is 0.714. The van der Waals surface area contributed by atoms with Crippen molar-refractivity contribution >= 4 is 35.6 Å². The summed E-state index contributed by atoms with van der Waals surface area (Å²) in [5.41, 5.74) is -0.839. The van der Waals surface area contributed by atoms with Crippen molar-refractivity contribution < 1.29 is 42.9 Å². The van der Waals surface area contributed by atoms with E-state index >= 15 is 0 Å².